The fraction of sp³-hybridized carbons (Fsp3) is 1.00. The highest BCUT2D eigenvalue weighted by atomic mass is 16.6. The molecule has 0 saturated carbocycles. The molecule has 0 aliphatic carbocycles. The zero-order chi connectivity index (χ0) is 8.97. The molecule has 3 nitrogen and oxygen atoms in total. The summed E-state index contributed by atoms with van der Waals surface area (Å²) in [7, 11) is 3.43. The normalized spacial score (nSPS) is 35.8. The molecule has 1 fully saturated rings. The molecule has 0 spiro atoms. The maximum absolute atomic E-state index is 5.55. The molecule has 3 atom stereocenters. The van der Waals surface area contributed by atoms with Crippen molar-refractivity contribution in [3.8, 4) is 0 Å². The minimum absolute atomic E-state index is 0.130. The van der Waals surface area contributed by atoms with Crippen LogP contribution >= 0.6 is 0 Å². The largest absolute Gasteiger partial charge is 0.382 e. The first kappa shape index (κ1) is 9.96. The molecule has 1 rings (SSSR count). The van der Waals surface area contributed by atoms with Crippen LogP contribution < -0.4 is 0 Å². The quantitative estimate of drug-likeness (QED) is 0.638. The van der Waals surface area contributed by atoms with Gasteiger partial charge in [0.25, 0.3) is 0 Å². The van der Waals surface area contributed by atoms with Crippen LogP contribution in [-0.4, -0.2) is 39.6 Å². The van der Waals surface area contributed by atoms with Crippen molar-refractivity contribution in [3.63, 3.8) is 0 Å². The second-order valence-corrected chi connectivity index (χ2v) is 3.20. The van der Waals surface area contributed by atoms with Crippen LogP contribution in [0.5, 0.6) is 0 Å². The highest BCUT2D eigenvalue weighted by Crippen LogP contribution is 2.25. The van der Waals surface area contributed by atoms with Crippen molar-refractivity contribution in [1.29, 1.82) is 0 Å². The van der Waals surface area contributed by atoms with Crippen molar-refractivity contribution in [3.05, 3.63) is 0 Å². The van der Waals surface area contributed by atoms with Crippen molar-refractivity contribution < 1.29 is 14.2 Å². The summed E-state index contributed by atoms with van der Waals surface area (Å²) in [6.07, 6.45) is 1.46. The molecule has 0 bridgehead atoms. The molecule has 0 aromatic rings. The van der Waals surface area contributed by atoms with Crippen molar-refractivity contribution in [2.75, 3.05) is 27.4 Å². The first-order chi connectivity index (χ1) is 5.83. The van der Waals surface area contributed by atoms with E-state index in [0.717, 1.165) is 13.0 Å². The zero-order valence-corrected chi connectivity index (χ0v) is 8.08. The fourth-order valence-corrected chi connectivity index (χ4v) is 1.74. The minimum Gasteiger partial charge on any atom is -0.382 e. The molecule has 3 heteroatoms. The topological polar surface area (TPSA) is 27.7 Å². The van der Waals surface area contributed by atoms with Crippen LogP contribution in [0.25, 0.3) is 0 Å². The lowest BCUT2D eigenvalue weighted by atomic mass is 9.99. The summed E-state index contributed by atoms with van der Waals surface area (Å²) >= 11 is 0. The van der Waals surface area contributed by atoms with E-state index in [1.165, 1.54) is 0 Å². The number of methoxy groups -OCH3 is 2. The van der Waals surface area contributed by atoms with Crippen molar-refractivity contribution in [1.82, 2.24) is 0 Å². The molecule has 1 aliphatic heterocycles. The average molecular weight is 174 g/mol. The van der Waals surface area contributed by atoms with Crippen LogP contribution in [0.3, 0.4) is 0 Å². The van der Waals surface area contributed by atoms with Gasteiger partial charge in [-0.1, -0.05) is 6.92 Å². The molecule has 1 saturated heterocycles. The Kier molecular flexibility index (Phi) is 3.98. The molecule has 0 unspecified atom stereocenters. The first-order valence-corrected chi connectivity index (χ1v) is 4.46. The van der Waals surface area contributed by atoms with Crippen LogP contribution in [-0.2, 0) is 14.2 Å². The third kappa shape index (κ3) is 1.97. The number of hydrogen-bond donors (Lipinski definition) is 0. The van der Waals surface area contributed by atoms with Gasteiger partial charge in [-0.05, 0) is 6.42 Å². The highest BCUT2D eigenvalue weighted by Gasteiger charge is 2.35. The van der Waals surface area contributed by atoms with Gasteiger partial charge in [0, 0.05) is 20.1 Å². The predicted molar refractivity (Wildman–Crippen MR) is 46.2 cm³/mol. The maximum atomic E-state index is 5.55. The van der Waals surface area contributed by atoms with Crippen molar-refractivity contribution >= 4 is 0 Å². The molecule has 1 aliphatic rings. The molecule has 1 heterocycles. The highest BCUT2D eigenvalue weighted by molar-refractivity contribution is 4.83. The number of ether oxygens (including phenoxy) is 3. The fourth-order valence-electron chi connectivity index (χ4n) is 1.74. The third-order valence-electron chi connectivity index (χ3n) is 2.48. The van der Waals surface area contributed by atoms with E-state index in [-0.39, 0.29) is 12.2 Å². The van der Waals surface area contributed by atoms with Gasteiger partial charge in [0.1, 0.15) is 6.10 Å². The van der Waals surface area contributed by atoms with E-state index in [1.807, 2.05) is 0 Å². The Morgan fingerprint density at radius 3 is 2.67 bits per heavy atom. The van der Waals surface area contributed by atoms with Gasteiger partial charge in [-0.2, -0.15) is 0 Å². The lowest BCUT2D eigenvalue weighted by Gasteiger charge is -2.19. The van der Waals surface area contributed by atoms with E-state index in [4.69, 9.17) is 14.2 Å². The van der Waals surface area contributed by atoms with Crippen LogP contribution in [0.1, 0.15) is 13.3 Å². The Hall–Kier alpha value is -0.120. The summed E-state index contributed by atoms with van der Waals surface area (Å²) in [5, 5.41) is 0. The Balaban J connectivity index is 2.44. The van der Waals surface area contributed by atoms with Crippen LogP contribution in [0.2, 0.25) is 0 Å². The van der Waals surface area contributed by atoms with Crippen molar-refractivity contribution in [2.24, 2.45) is 5.92 Å². The lowest BCUT2D eigenvalue weighted by molar-refractivity contribution is -0.0301. The Morgan fingerprint density at radius 2 is 2.17 bits per heavy atom. The van der Waals surface area contributed by atoms with E-state index < -0.39 is 0 Å². The summed E-state index contributed by atoms with van der Waals surface area (Å²) in [5.74, 6) is 0.537. The Morgan fingerprint density at radius 1 is 1.42 bits per heavy atom. The predicted octanol–water partition coefficient (Wildman–Crippen LogP) is 1.07. The second-order valence-electron chi connectivity index (χ2n) is 3.20. The van der Waals surface area contributed by atoms with Crippen LogP contribution in [0.4, 0.5) is 0 Å². The molecule has 72 valence electrons. The van der Waals surface area contributed by atoms with E-state index >= 15 is 0 Å². The molecule has 0 N–H and O–H groups in total. The molecule has 0 radical (unpaired) electrons. The van der Waals surface area contributed by atoms with Crippen LogP contribution in [0, 0.1) is 5.92 Å². The monoisotopic (exact) mass is 174 g/mol. The average Bonchev–Trinajstić information content (AvgIpc) is 2.47. The third-order valence-corrected chi connectivity index (χ3v) is 2.48. The summed E-state index contributed by atoms with van der Waals surface area (Å²) < 4.78 is 16.0. The standard InChI is InChI=1S/C9H18O3/c1-4-7-5-12-8(6-10-2)9(7)11-3/h7-9H,4-6H2,1-3H3/t7-,8+,9-/m0/s1. The zero-order valence-electron chi connectivity index (χ0n) is 8.08. The van der Waals surface area contributed by atoms with Gasteiger partial charge < -0.3 is 14.2 Å². The molecule has 0 aromatic carbocycles. The SMILES string of the molecule is CC[C@H]1CO[C@H](COC)[C@H]1OC. The molecular weight excluding hydrogens is 156 g/mol. The van der Waals surface area contributed by atoms with Gasteiger partial charge in [0.2, 0.25) is 0 Å². The summed E-state index contributed by atoms with van der Waals surface area (Å²) in [6.45, 7) is 3.60. The number of rotatable bonds is 4. The summed E-state index contributed by atoms with van der Waals surface area (Å²) in [6, 6.07) is 0. The van der Waals surface area contributed by atoms with Gasteiger partial charge in [-0.25, -0.2) is 0 Å². The lowest BCUT2D eigenvalue weighted by Crippen LogP contribution is -2.31. The molecule has 12 heavy (non-hydrogen) atoms. The second kappa shape index (κ2) is 4.80. The van der Waals surface area contributed by atoms with E-state index in [2.05, 4.69) is 6.92 Å². The first-order valence-electron chi connectivity index (χ1n) is 4.46. The number of hydrogen-bond acceptors (Lipinski definition) is 3. The van der Waals surface area contributed by atoms with Gasteiger partial charge in [0.15, 0.2) is 0 Å². The van der Waals surface area contributed by atoms with Crippen LogP contribution in [0.15, 0.2) is 0 Å². The van der Waals surface area contributed by atoms with E-state index in [0.29, 0.717) is 12.5 Å². The minimum atomic E-state index is 0.130. The molecule has 0 aromatic heterocycles. The van der Waals surface area contributed by atoms with Gasteiger partial charge in [-0.15, -0.1) is 0 Å². The van der Waals surface area contributed by atoms with Gasteiger partial charge in [-0.3, -0.25) is 0 Å². The van der Waals surface area contributed by atoms with Gasteiger partial charge >= 0.3 is 0 Å². The van der Waals surface area contributed by atoms with E-state index in [9.17, 15) is 0 Å². The van der Waals surface area contributed by atoms with Crippen molar-refractivity contribution in [2.45, 2.75) is 25.6 Å². The Labute approximate surface area is 74.0 Å². The summed E-state index contributed by atoms with van der Waals surface area (Å²) in [5.41, 5.74) is 0. The molecule has 0 amide bonds. The van der Waals surface area contributed by atoms with Gasteiger partial charge in [0.05, 0.1) is 19.3 Å². The summed E-state index contributed by atoms with van der Waals surface area (Å²) in [4.78, 5) is 0. The maximum Gasteiger partial charge on any atom is 0.107 e. The molecular formula is C9H18O3. The smallest absolute Gasteiger partial charge is 0.107 e. The Bertz CT molecular complexity index is 127. The van der Waals surface area contributed by atoms with E-state index in [1.54, 1.807) is 14.2 Å².